The molecule has 40 nitrogen and oxygen atoms in total. The van der Waals surface area contributed by atoms with Crippen LogP contribution in [0.3, 0.4) is 0 Å². The number of halogens is 8. The number of aryl methyl sites for hydroxylation is 4. The number of hydrogen-bond donors (Lipinski definition) is 9. The van der Waals surface area contributed by atoms with E-state index in [4.69, 9.17) is 51.4 Å². The molecular weight excluding hydrogens is 1900 g/mol. The van der Waals surface area contributed by atoms with Crippen LogP contribution in [0.25, 0.3) is 0 Å². The fourth-order valence-electron chi connectivity index (χ4n) is 16.5. The van der Waals surface area contributed by atoms with Crippen LogP contribution in [0, 0.1) is 39.5 Å². The van der Waals surface area contributed by atoms with Gasteiger partial charge in [-0.05, 0) is 186 Å². The van der Waals surface area contributed by atoms with Crippen LogP contribution in [0.1, 0.15) is 251 Å². The molecule has 8 aromatic rings. The van der Waals surface area contributed by atoms with Gasteiger partial charge in [-0.2, -0.15) is 66.2 Å². The molecule has 6 aliphatic rings. The third-order valence-corrected chi connectivity index (χ3v) is 24.6. The molecule has 2 saturated carbocycles. The number of carbonyl (C=O) groups excluding carboxylic acids is 8. The first-order valence-corrected chi connectivity index (χ1v) is 47.4. The topological polar surface area (TPSA) is 535 Å². The number of aromatic nitrogens is 12. The quantitative estimate of drug-likeness (QED) is 0.0164. The number of aliphatic hydroxyl groups is 1. The molecule has 48 heteroatoms. The average molecular weight is 2020 g/mol. The third-order valence-electron chi connectivity index (χ3n) is 24.6. The number of amides is 8. The number of primary amides is 4. The number of aliphatic hydroxyl groups excluding tert-OH is 1. The Labute approximate surface area is 827 Å². The summed E-state index contributed by atoms with van der Waals surface area (Å²) in [5, 5.41) is 18.6. The van der Waals surface area contributed by atoms with E-state index in [2.05, 4.69) is 80.2 Å². The fraction of sp³-hybridized carbons (Fsp3) is 0.542. The number of ether oxygens (including phenoxy) is 6. The first kappa shape index (κ1) is 111. The Kier molecular flexibility index (Phi) is 38.5. The van der Waals surface area contributed by atoms with Gasteiger partial charge in [0.25, 0.3) is 53.2 Å². The van der Waals surface area contributed by atoms with E-state index in [-0.39, 0.29) is 144 Å². The van der Waals surface area contributed by atoms with Gasteiger partial charge in [0, 0.05) is 162 Å². The molecule has 0 spiro atoms. The maximum Gasteiger partial charge on any atom is 0.405 e. The number of rotatable bonds is 37. The van der Waals surface area contributed by atoms with Crippen molar-refractivity contribution in [2.45, 2.75) is 192 Å². The molecule has 0 aromatic carbocycles. The van der Waals surface area contributed by atoms with E-state index in [0.717, 1.165) is 66.7 Å². The Morgan fingerprint density at radius 2 is 0.701 bits per heavy atom. The van der Waals surface area contributed by atoms with Crippen LogP contribution < -0.4 is 82.7 Å². The number of pyridine rings is 4. The van der Waals surface area contributed by atoms with Gasteiger partial charge in [0.15, 0.2) is 0 Å². The Bertz CT molecular complexity index is 5800. The average Bonchev–Trinajstić information content (AvgIpc) is 1.64. The maximum atomic E-state index is 13.2. The highest BCUT2D eigenvalue weighted by molar-refractivity contribution is 5.96. The van der Waals surface area contributed by atoms with Crippen molar-refractivity contribution in [1.29, 1.82) is 0 Å². The summed E-state index contributed by atoms with van der Waals surface area (Å²) in [5.74, 6) is -5.96. The van der Waals surface area contributed by atoms with Gasteiger partial charge < -0.3 is 102 Å². The second-order valence-electron chi connectivity index (χ2n) is 37.0. The lowest BCUT2D eigenvalue weighted by Gasteiger charge is -2.33. The van der Waals surface area contributed by atoms with Gasteiger partial charge in [-0.3, -0.25) is 38.4 Å². The minimum atomic E-state index is -4.62. The molecule has 780 valence electrons. The molecule has 8 amide bonds. The van der Waals surface area contributed by atoms with Crippen molar-refractivity contribution >= 4 is 70.5 Å². The predicted octanol–water partition coefficient (Wildman–Crippen LogP) is 8.68. The minimum absolute atomic E-state index is 0.0131. The lowest BCUT2D eigenvalue weighted by Crippen LogP contribution is -2.40. The van der Waals surface area contributed by atoms with Crippen LogP contribution in [0.4, 0.5) is 58.4 Å². The summed E-state index contributed by atoms with van der Waals surface area (Å²) >= 11 is 0. The van der Waals surface area contributed by atoms with Crippen molar-refractivity contribution in [3.63, 3.8) is 0 Å². The van der Waals surface area contributed by atoms with Crippen LogP contribution in [0.15, 0.2) is 72.8 Å². The van der Waals surface area contributed by atoms with Crippen LogP contribution in [-0.4, -0.2) is 293 Å². The van der Waals surface area contributed by atoms with Crippen LogP contribution >= 0.6 is 0 Å². The summed E-state index contributed by atoms with van der Waals surface area (Å²) in [4.78, 5) is 159. The molecule has 2 aliphatic carbocycles. The Morgan fingerprint density at radius 3 is 0.965 bits per heavy atom. The molecule has 1 unspecified atom stereocenters. The van der Waals surface area contributed by atoms with Gasteiger partial charge in [-0.25, -0.2) is 28.7 Å². The minimum Gasteiger partial charge on any atom is -0.463 e. The molecule has 144 heavy (non-hydrogen) atoms. The number of likely N-dealkylation sites (N-methyl/N-ethyl adjacent to an activating group) is 1. The number of anilines is 4. The molecule has 4 saturated heterocycles. The van der Waals surface area contributed by atoms with E-state index in [0.29, 0.717) is 149 Å². The van der Waals surface area contributed by atoms with Gasteiger partial charge >= 0.3 is 36.4 Å². The number of nitrogens with two attached hydrogens (primary N) is 4. The van der Waals surface area contributed by atoms with Crippen molar-refractivity contribution < 1.29 is 107 Å². The monoisotopic (exact) mass is 2020 g/mol. The van der Waals surface area contributed by atoms with Gasteiger partial charge in [0.05, 0.1) is 32.3 Å². The molecular formula is C96H125F8N25O15. The van der Waals surface area contributed by atoms with Crippen molar-refractivity contribution in [3.05, 3.63) is 163 Å². The SMILES string of the molecule is COC[C@@H](C)Oc1nc(C(=O)NCC(F)(F)F)cc(N2CCC(c3ccc(C)c(C(N)=O)n3)CC2)n1.COC[C@@H](C)Oc1nc(C(=O)N[C@H](C)CN(C)C)cc(N2CCC(c3ccc(C)c(C(N)=O)n3)CC2)n1.Cc1ccc(C2CCN(c3cc(C(=O)NCC(F)(F)F)nc(OCC4CC4(F)F)n3)CC2)nc1C(N)=O.Cc1ccc(C2CCN(c3cc(C(=O)N[C@H](C)CO)nc(OCC4CC4)n3)CC2)nc1C(N)=O. The van der Waals surface area contributed by atoms with E-state index in [1.165, 1.54) is 19.2 Å². The smallest absolute Gasteiger partial charge is 0.405 e. The largest absolute Gasteiger partial charge is 0.463 e. The normalized spacial score (nSPS) is 17.0. The van der Waals surface area contributed by atoms with Crippen LogP contribution in [-0.2, 0) is 9.47 Å². The molecule has 5 atom stereocenters. The molecule has 8 aromatic heterocycles. The molecule has 6 fully saturated rings. The van der Waals surface area contributed by atoms with Gasteiger partial charge in [-0.15, -0.1) is 0 Å². The van der Waals surface area contributed by atoms with Crippen molar-refractivity contribution in [1.82, 2.24) is 86.0 Å². The number of methoxy groups -OCH3 is 2. The summed E-state index contributed by atoms with van der Waals surface area (Å²) in [6.07, 6.45) is -2.17. The van der Waals surface area contributed by atoms with Crippen LogP contribution in [0.2, 0.25) is 0 Å². The number of carbonyl (C=O) groups is 8. The number of alkyl halides is 8. The molecule has 0 radical (unpaired) electrons. The van der Waals surface area contributed by atoms with Crippen LogP contribution in [0.5, 0.6) is 24.0 Å². The first-order chi connectivity index (χ1) is 68.2. The van der Waals surface area contributed by atoms with E-state index in [1.807, 2.05) is 99.4 Å². The number of piperidine rings is 4. The molecule has 12 heterocycles. The second kappa shape index (κ2) is 50.1. The molecule has 14 rings (SSSR count). The van der Waals surface area contributed by atoms with Crippen molar-refractivity contribution in [3.8, 4) is 24.0 Å². The zero-order valence-corrected chi connectivity index (χ0v) is 82.4. The lowest BCUT2D eigenvalue weighted by molar-refractivity contribution is -0.123. The summed E-state index contributed by atoms with van der Waals surface area (Å²) < 4.78 is 135. The van der Waals surface area contributed by atoms with Gasteiger partial charge in [0.1, 0.15) is 101 Å². The zero-order valence-electron chi connectivity index (χ0n) is 82.4. The summed E-state index contributed by atoms with van der Waals surface area (Å²) in [6.45, 7) is 17.4. The van der Waals surface area contributed by atoms with E-state index in [1.54, 1.807) is 63.2 Å². The first-order valence-electron chi connectivity index (χ1n) is 47.4. The third kappa shape index (κ3) is 32.7. The summed E-state index contributed by atoms with van der Waals surface area (Å²) in [7, 11) is 7.01. The standard InChI is InChI=1S/C26H39N7O4.C24H32N6O4.C23H25F5N6O3.C23H29F3N6O4/c1-16-7-8-20(29-23(16)24(27)34)19-9-11-33(12-10-19)22-13-21(25(35)28-17(2)14-32(4)5)30-26(31-22)37-18(3)15-36-6;1-14-3-6-18(27-21(14)22(25)32)17-7-9-30(10-8-17)20-11-19(23(33)26-15(2)12-31)28-24(29-20)34-13-16-4-5-16;1-12-2-3-15(31-18(12)19(29)35)13-4-6-34(7-5-13)17-8-16(20(36)30-11-23(26,27)28)32-21(33-17)37-10-14-9-22(14,24)25;1-13-4-5-16(29-19(13)20(27)33)15-6-8-32(9-7-15)18-10-17(21(34)28-12-23(24,25)26)30-22(31-18)36-14(2)11-35-3/h7-8,13,17-19H,9-12,14-15H2,1-6H3,(H2,27,34)(H,28,35);3,6,11,15-17,31H,4-5,7-10,12-13H2,1-2H3,(H2,25,32)(H,26,33);2-3,8,13-14H,4-7,9-11H2,1H3,(H2,29,35)(H,30,36);4-5,10,14-15H,6-9,11-12H2,1-3H3,(H2,27,33)(H,28,34)/t17-,18-;15-;;14-/m11.1/s1. The van der Waals surface area contributed by atoms with Gasteiger partial charge in [-0.1, -0.05) is 24.3 Å². The van der Waals surface area contributed by atoms with Crippen molar-refractivity contribution in [2.75, 3.05) is 153 Å². The molecule has 0 bridgehead atoms. The highest BCUT2D eigenvalue weighted by Crippen LogP contribution is 2.49. The predicted molar refractivity (Wildman–Crippen MR) is 512 cm³/mol. The number of hydrogen-bond acceptors (Lipinski definition) is 32. The van der Waals surface area contributed by atoms with E-state index in [9.17, 15) is 78.6 Å². The number of nitrogens with zero attached hydrogens (tertiary/aromatic N) is 17. The van der Waals surface area contributed by atoms with Crippen molar-refractivity contribution in [2.24, 2.45) is 34.8 Å². The van der Waals surface area contributed by atoms with E-state index >= 15 is 0 Å². The Morgan fingerprint density at radius 1 is 0.424 bits per heavy atom. The fourth-order valence-corrected chi connectivity index (χ4v) is 16.5. The van der Waals surface area contributed by atoms with Gasteiger partial charge in [0.2, 0.25) is 0 Å². The lowest BCUT2D eigenvalue weighted by atomic mass is 9.92. The highest BCUT2D eigenvalue weighted by Gasteiger charge is 2.57. The number of nitrogens with one attached hydrogen (secondary N) is 4. The Balaban J connectivity index is 0.000000183. The summed E-state index contributed by atoms with van der Waals surface area (Å²) in [6, 6.07) is 20.3. The molecule has 13 N–H and O–H groups in total. The highest BCUT2D eigenvalue weighted by atomic mass is 19.4. The molecule has 4 aliphatic heterocycles. The summed E-state index contributed by atoms with van der Waals surface area (Å²) in [5.41, 5.74) is 28.9. The van der Waals surface area contributed by atoms with E-state index < -0.39 is 78.8 Å². The second-order valence-corrected chi connectivity index (χ2v) is 37.0. The maximum absolute atomic E-state index is 13.2. The zero-order chi connectivity index (χ0) is 105. The Hall–Kier alpha value is -13.6.